The lowest BCUT2D eigenvalue weighted by atomic mass is 9.85. The maximum absolute atomic E-state index is 12.5. The first-order valence-corrected chi connectivity index (χ1v) is 7.30. The molecule has 4 heteroatoms. The highest BCUT2D eigenvalue weighted by molar-refractivity contribution is 5.79. The Bertz CT molecular complexity index is 246. The highest BCUT2D eigenvalue weighted by Crippen LogP contribution is 2.26. The molecule has 4 nitrogen and oxygen atoms in total. The zero-order valence-corrected chi connectivity index (χ0v) is 11.8. The van der Waals surface area contributed by atoms with Gasteiger partial charge in [-0.05, 0) is 38.5 Å². The smallest absolute Gasteiger partial charge is 0.226 e. The van der Waals surface area contributed by atoms with Gasteiger partial charge in [-0.25, -0.2) is 0 Å². The van der Waals surface area contributed by atoms with Gasteiger partial charge in [0.2, 0.25) is 5.91 Å². The maximum atomic E-state index is 12.5. The molecule has 0 heterocycles. The van der Waals surface area contributed by atoms with Crippen LogP contribution in [0.3, 0.4) is 0 Å². The molecular formula is C14H28N2O2. The van der Waals surface area contributed by atoms with Crippen LogP contribution in [0.25, 0.3) is 0 Å². The Morgan fingerprint density at radius 1 is 1.28 bits per heavy atom. The van der Waals surface area contributed by atoms with E-state index < -0.39 is 0 Å². The minimum absolute atomic E-state index is 0.0501. The lowest BCUT2D eigenvalue weighted by molar-refractivity contribution is -0.139. The van der Waals surface area contributed by atoms with Gasteiger partial charge < -0.3 is 15.7 Å². The molecule has 1 saturated carbocycles. The van der Waals surface area contributed by atoms with E-state index in [0.717, 1.165) is 38.5 Å². The van der Waals surface area contributed by atoms with Gasteiger partial charge in [-0.3, -0.25) is 4.79 Å². The maximum Gasteiger partial charge on any atom is 0.226 e. The van der Waals surface area contributed by atoms with Crippen molar-refractivity contribution in [2.75, 3.05) is 13.2 Å². The molecule has 0 atom stereocenters. The largest absolute Gasteiger partial charge is 0.395 e. The summed E-state index contributed by atoms with van der Waals surface area (Å²) in [5.41, 5.74) is 5.88. The number of amides is 1. The molecule has 0 spiro atoms. The predicted octanol–water partition coefficient (Wildman–Crippen LogP) is 1.51. The van der Waals surface area contributed by atoms with Crippen LogP contribution in [-0.2, 0) is 4.79 Å². The zero-order chi connectivity index (χ0) is 13.5. The Kier molecular flexibility index (Phi) is 6.65. The molecule has 1 aliphatic carbocycles. The van der Waals surface area contributed by atoms with E-state index in [1.807, 2.05) is 4.90 Å². The van der Waals surface area contributed by atoms with Crippen molar-refractivity contribution in [3.8, 4) is 0 Å². The molecule has 1 fully saturated rings. The van der Waals surface area contributed by atoms with Gasteiger partial charge in [0.05, 0.1) is 6.61 Å². The van der Waals surface area contributed by atoms with Gasteiger partial charge in [-0.15, -0.1) is 0 Å². The summed E-state index contributed by atoms with van der Waals surface area (Å²) in [5, 5.41) is 9.15. The first kappa shape index (κ1) is 15.4. The second-order valence-electron chi connectivity index (χ2n) is 5.34. The van der Waals surface area contributed by atoms with Crippen LogP contribution in [0.15, 0.2) is 0 Å². The van der Waals surface area contributed by atoms with Crippen molar-refractivity contribution < 1.29 is 9.90 Å². The number of carbonyl (C=O) groups is 1. The fourth-order valence-corrected chi connectivity index (χ4v) is 2.91. The van der Waals surface area contributed by atoms with E-state index in [1.165, 1.54) is 0 Å². The van der Waals surface area contributed by atoms with Crippen LogP contribution in [0.2, 0.25) is 0 Å². The van der Waals surface area contributed by atoms with E-state index in [-0.39, 0.29) is 30.5 Å². The average molecular weight is 256 g/mol. The molecule has 0 aliphatic heterocycles. The van der Waals surface area contributed by atoms with E-state index >= 15 is 0 Å². The number of aliphatic hydroxyl groups excluding tert-OH is 1. The highest BCUT2D eigenvalue weighted by Gasteiger charge is 2.30. The summed E-state index contributed by atoms with van der Waals surface area (Å²) in [7, 11) is 0. The monoisotopic (exact) mass is 256 g/mol. The van der Waals surface area contributed by atoms with Crippen molar-refractivity contribution in [1.82, 2.24) is 4.90 Å². The lowest BCUT2D eigenvalue weighted by Gasteiger charge is -2.35. The number of carbonyl (C=O) groups excluding carboxylic acids is 1. The Labute approximate surface area is 111 Å². The second kappa shape index (κ2) is 7.74. The van der Waals surface area contributed by atoms with Crippen LogP contribution in [-0.4, -0.2) is 41.1 Å². The Balaban J connectivity index is 2.63. The van der Waals surface area contributed by atoms with Crippen LogP contribution < -0.4 is 5.73 Å². The summed E-state index contributed by atoms with van der Waals surface area (Å²) in [6.07, 6.45) is 5.62. The molecule has 0 bridgehead atoms. The molecule has 0 unspecified atom stereocenters. The van der Waals surface area contributed by atoms with Crippen molar-refractivity contribution >= 4 is 5.91 Å². The van der Waals surface area contributed by atoms with E-state index in [9.17, 15) is 4.79 Å². The van der Waals surface area contributed by atoms with Gasteiger partial charge >= 0.3 is 0 Å². The van der Waals surface area contributed by atoms with Gasteiger partial charge in [0.15, 0.2) is 0 Å². The third-order valence-electron chi connectivity index (χ3n) is 4.13. The minimum atomic E-state index is 0.0501. The summed E-state index contributed by atoms with van der Waals surface area (Å²) < 4.78 is 0. The van der Waals surface area contributed by atoms with Crippen molar-refractivity contribution in [3.05, 3.63) is 0 Å². The van der Waals surface area contributed by atoms with Crippen LogP contribution in [0, 0.1) is 5.92 Å². The van der Waals surface area contributed by atoms with Crippen LogP contribution in [0.1, 0.15) is 52.4 Å². The third kappa shape index (κ3) is 3.95. The third-order valence-corrected chi connectivity index (χ3v) is 4.13. The molecule has 1 amide bonds. The molecule has 18 heavy (non-hydrogen) atoms. The molecule has 0 saturated heterocycles. The first-order chi connectivity index (χ1) is 8.63. The normalized spacial score (nSPS) is 24.3. The number of hydrogen-bond acceptors (Lipinski definition) is 3. The number of nitrogens with two attached hydrogens (primary N) is 1. The molecule has 0 aromatic carbocycles. The lowest BCUT2D eigenvalue weighted by Crippen LogP contribution is -2.46. The summed E-state index contributed by atoms with van der Waals surface area (Å²) in [6.45, 7) is 4.72. The number of aliphatic hydroxyl groups is 1. The molecule has 0 aromatic rings. The SMILES string of the molecule is CCC(CC)N(CCO)C(=O)C1CCC(N)CC1. The minimum Gasteiger partial charge on any atom is -0.395 e. The summed E-state index contributed by atoms with van der Waals surface area (Å²) in [5.74, 6) is 0.349. The van der Waals surface area contributed by atoms with Crippen molar-refractivity contribution in [2.24, 2.45) is 11.7 Å². The van der Waals surface area contributed by atoms with Gasteiger partial charge in [-0.2, -0.15) is 0 Å². The first-order valence-electron chi connectivity index (χ1n) is 7.30. The number of nitrogens with zero attached hydrogens (tertiary/aromatic N) is 1. The van der Waals surface area contributed by atoms with E-state index in [0.29, 0.717) is 6.54 Å². The quantitative estimate of drug-likeness (QED) is 0.757. The Morgan fingerprint density at radius 3 is 2.28 bits per heavy atom. The fourth-order valence-electron chi connectivity index (χ4n) is 2.91. The summed E-state index contributed by atoms with van der Waals surface area (Å²) in [6, 6.07) is 0.536. The molecule has 106 valence electrons. The summed E-state index contributed by atoms with van der Waals surface area (Å²) in [4.78, 5) is 14.4. The van der Waals surface area contributed by atoms with Crippen molar-refractivity contribution in [1.29, 1.82) is 0 Å². The second-order valence-corrected chi connectivity index (χ2v) is 5.34. The molecule has 1 rings (SSSR count). The van der Waals surface area contributed by atoms with Crippen LogP contribution in [0.5, 0.6) is 0 Å². The van der Waals surface area contributed by atoms with E-state index in [4.69, 9.17) is 10.8 Å². The van der Waals surface area contributed by atoms with Gasteiger partial charge in [0.1, 0.15) is 0 Å². The highest BCUT2D eigenvalue weighted by atomic mass is 16.3. The predicted molar refractivity (Wildman–Crippen MR) is 73.1 cm³/mol. The van der Waals surface area contributed by atoms with Crippen molar-refractivity contribution in [3.63, 3.8) is 0 Å². The molecular weight excluding hydrogens is 228 g/mol. The average Bonchev–Trinajstić information content (AvgIpc) is 2.39. The Hall–Kier alpha value is -0.610. The molecule has 3 N–H and O–H groups in total. The van der Waals surface area contributed by atoms with Gasteiger partial charge in [0.25, 0.3) is 0 Å². The van der Waals surface area contributed by atoms with Crippen molar-refractivity contribution in [2.45, 2.75) is 64.5 Å². The van der Waals surface area contributed by atoms with E-state index in [2.05, 4.69) is 13.8 Å². The molecule has 0 radical (unpaired) electrons. The van der Waals surface area contributed by atoms with Crippen LogP contribution in [0.4, 0.5) is 0 Å². The Morgan fingerprint density at radius 2 is 1.83 bits per heavy atom. The van der Waals surface area contributed by atoms with Gasteiger partial charge in [0, 0.05) is 24.5 Å². The van der Waals surface area contributed by atoms with Crippen LogP contribution >= 0.6 is 0 Å². The number of hydrogen-bond donors (Lipinski definition) is 2. The van der Waals surface area contributed by atoms with Gasteiger partial charge in [-0.1, -0.05) is 13.8 Å². The number of rotatable bonds is 6. The van der Waals surface area contributed by atoms with E-state index in [1.54, 1.807) is 0 Å². The molecule has 0 aromatic heterocycles. The standard InChI is InChI=1S/C14H28N2O2/c1-3-13(4-2)16(9-10-17)14(18)11-5-7-12(15)8-6-11/h11-13,17H,3-10,15H2,1-2H3. The summed E-state index contributed by atoms with van der Waals surface area (Å²) >= 11 is 0. The molecule has 1 aliphatic rings. The topological polar surface area (TPSA) is 66.6 Å². The fraction of sp³-hybridized carbons (Fsp3) is 0.929. The zero-order valence-electron chi connectivity index (χ0n) is 11.8.